The van der Waals surface area contributed by atoms with Crippen molar-refractivity contribution in [3.05, 3.63) is 40.5 Å². The first-order valence-electron chi connectivity index (χ1n) is 10.3. The molecular weight excluding hydrogens is 402 g/mol. The molecule has 0 aromatic heterocycles. The fourth-order valence-electron chi connectivity index (χ4n) is 5.38. The van der Waals surface area contributed by atoms with Crippen molar-refractivity contribution in [3.8, 4) is 28.7 Å². The van der Waals surface area contributed by atoms with E-state index in [1.807, 2.05) is 18.2 Å². The first kappa shape index (κ1) is 19.8. The number of carbonyl (C=O) groups is 1. The smallest absolute Gasteiger partial charge is 0.303 e. The molecule has 8 heteroatoms. The summed E-state index contributed by atoms with van der Waals surface area (Å²) in [7, 11) is 5.34. The van der Waals surface area contributed by atoms with E-state index >= 15 is 0 Å². The van der Waals surface area contributed by atoms with Crippen LogP contribution in [0.1, 0.15) is 41.3 Å². The number of esters is 1. The van der Waals surface area contributed by atoms with Crippen LogP contribution < -0.4 is 18.9 Å². The Morgan fingerprint density at radius 3 is 2.74 bits per heavy atom. The second-order valence-electron chi connectivity index (χ2n) is 8.49. The van der Waals surface area contributed by atoms with Crippen LogP contribution in [0.4, 0.5) is 0 Å². The van der Waals surface area contributed by atoms with Crippen molar-refractivity contribution >= 4 is 5.97 Å². The summed E-state index contributed by atoms with van der Waals surface area (Å²) >= 11 is 0. The van der Waals surface area contributed by atoms with Gasteiger partial charge in [0.05, 0.1) is 38.9 Å². The first-order chi connectivity index (χ1) is 14.9. The monoisotopic (exact) mass is 428 g/mol. The van der Waals surface area contributed by atoms with Crippen LogP contribution in [0.15, 0.2) is 18.2 Å². The van der Waals surface area contributed by atoms with Gasteiger partial charge in [0.15, 0.2) is 35.1 Å². The van der Waals surface area contributed by atoms with Crippen LogP contribution in [-0.2, 0) is 22.5 Å². The van der Waals surface area contributed by atoms with Gasteiger partial charge < -0.3 is 33.3 Å². The summed E-state index contributed by atoms with van der Waals surface area (Å²) in [5, 5.41) is 11.2. The van der Waals surface area contributed by atoms with Gasteiger partial charge in [-0.2, -0.15) is 0 Å². The summed E-state index contributed by atoms with van der Waals surface area (Å²) in [6.45, 7) is 2.93. The molecule has 3 unspecified atom stereocenters. The molecule has 0 bridgehead atoms. The average Bonchev–Trinajstić information content (AvgIpc) is 3.21. The highest BCUT2D eigenvalue weighted by molar-refractivity contribution is 5.67. The molecular formula is C23H26NO7+. The minimum atomic E-state index is -0.601. The van der Waals surface area contributed by atoms with E-state index in [-0.39, 0.29) is 24.6 Å². The van der Waals surface area contributed by atoms with Gasteiger partial charge in [0, 0.05) is 18.9 Å². The molecule has 0 aliphatic carbocycles. The molecule has 0 fully saturated rings. The molecule has 8 nitrogen and oxygen atoms in total. The Morgan fingerprint density at radius 1 is 1.23 bits per heavy atom. The fourth-order valence-corrected chi connectivity index (χ4v) is 5.38. The Bertz CT molecular complexity index is 1080. The van der Waals surface area contributed by atoms with Crippen molar-refractivity contribution in [3.63, 3.8) is 0 Å². The number of ether oxygens (including phenoxy) is 5. The molecule has 164 valence electrons. The third-order valence-electron chi connectivity index (χ3n) is 6.71. The number of hydrogen-bond donors (Lipinski definition) is 1. The maximum Gasteiger partial charge on any atom is 0.303 e. The van der Waals surface area contributed by atoms with Crippen molar-refractivity contribution < 1.29 is 38.1 Å². The number of likely N-dealkylation sites (N-methyl/N-ethyl adjacent to an activating group) is 1. The third-order valence-corrected chi connectivity index (χ3v) is 6.71. The lowest BCUT2D eigenvalue weighted by molar-refractivity contribution is -0.960. The van der Waals surface area contributed by atoms with E-state index in [0.717, 1.165) is 35.2 Å². The van der Waals surface area contributed by atoms with Crippen LogP contribution in [0.25, 0.3) is 0 Å². The quantitative estimate of drug-likeness (QED) is 0.594. The van der Waals surface area contributed by atoms with Gasteiger partial charge in [0.1, 0.15) is 6.54 Å². The molecule has 0 spiro atoms. The number of fused-ring (bicyclic) bond motifs is 5. The number of carbonyl (C=O) groups excluding carboxylic acids is 1. The van der Waals surface area contributed by atoms with Gasteiger partial charge in [-0.1, -0.05) is 6.07 Å². The molecule has 31 heavy (non-hydrogen) atoms. The predicted octanol–water partition coefficient (Wildman–Crippen LogP) is 3.00. The van der Waals surface area contributed by atoms with E-state index in [9.17, 15) is 9.90 Å². The highest BCUT2D eigenvalue weighted by Crippen LogP contribution is 2.58. The SMILES string of the molecule is COc1ccc2c(c1OC)C[N+]1(C)CCc3cc4c(c(O)c3C1C2OC(C)=O)OCO4. The van der Waals surface area contributed by atoms with Crippen molar-refractivity contribution in [2.24, 2.45) is 0 Å². The molecule has 2 aromatic rings. The third kappa shape index (κ3) is 2.81. The van der Waals surface area contributed by atoms with Gasteiger partial charge in [-0.15, -0.1) is 0 Å². The lowest BCUT2D eigenvalue weighted by Crippen LogP contribution is -2.55. The number of nitrogens with zero attached hydrogens (tertiary/aromatic N) is 1. The molecule has 3 aliphatic heterocycles. The number of aromatic hydroxyl groups is 1. The summed E-state index contributed by atoms with van der Waals surface area (Å²) < 4.78 is 28.7. The standard InChI is InChI=1S/C23H25NO7/c1-12(25)31-22-14-5-6-16(27-3)21(28-4)15(14)10-24(2)8-7-13-9-17-23(30-11-29-17)20(26)18(13)19(22)24/h5-6,9,19,22H,7-8,10-11H2,1-4H3/p+1. The van der Waals surface area contributed by atoms with Crippen molar-refractivity contribution in [2.75, 3.05) is 34.6 Å². The molecule has 3 aliphatic rings. The van der Waals surface area contributed by atoms with Crippen LogP contribution in [0.5, 0.6) is 28.7 Å². The first-order valence-corrected chi connectivity index (χ1v) is 10.3. The van der Waals surface area contributed by atoms with Crippen LogP contribution in [-0.4, -0.2) is 50.2 Å². The van der Waals surface area contributed by atoms with Gasteiger partial charge in [0.25, 0.3) is 0 Å². The van der Waals surface area contributed by atoms with E-state index < -0.39 is 6.10 Å². The number of rotatable bonds is 3. The summed E-state index contributed by atoms with van der Waals surface area (Å²) in [5.41, 5.74) is 3.56. The number of methoxy groups -OCH3 is 2. The summed E-state index contributed by atoms with van der Waals surface area (Å²) in [6.07, 6.45) is 0.150. The van der Waals surface area contributed by atoms with Gasteiger partial charge >= 0.3 is 5.97 Å². The minimum absolute atomic E-state index is 0.0696. The van der Waals surface area contributed by atoms with Crippen LogP contribution in [0.2, 0.25) is 0 Å². The zero-order valence-electron chi connectivity index (χ0n) is 18.1. The average molecular weight is 428 g/mol. The number of phenolic OH excluding ortho intramolecular Hbond substituents is 1. The van der Waals surface area contributed by atoms with Crippen LogP contribution in [0, 0.1) is 0 Å². The number of quaternary nitrogens is 1. The number of benzene rings is 2. The molecule has 0 amide bonds. The highest BCUT2D eigenvalue weighted by Gasteiger charge is 2.53. The van der Waals surface area contributed by atoms with E-state index in [0.29, 0.717) is 34.0 Å². The summed E-state index contributed by atoms with van der Waals surface area (Å²) in [6, 6.07) is 5.39. The molecule has 0 saturated heterocycles. The van der Waals surface area contributed by atoms with Gasteiger partial charge in [-0.3, -0.25) is 4.79 Å². The maximum absolute atomic E-state index is 12.2. The van der Waals surface area contributed by atoms with E-state index in [2.05, 4.69) is 7.05 Å². The lowest BCUT2D eigenvalue weighted by atomic mass is 9.79. The summed E-state index contributed by atoms with van der Waals surface area (Å²) in [4.78, 5) is 12.2. The van der Waals surface area contributed by atoms with Crippen LogP contribution >= 0.6 is 0 Å². The van der Waals surface area contributed by atoms with Gasteiger partial charge in [-0.05, 0) is 17.7 Å². The highest BCUT2D eigenvalue weighted by atomic mass is 16.7. The topological polar surface area (TPSA) is 83.5 Å². The summed E-state index contributed by atoms with van der Waals surface area (Å²) in [5.74, 6) is 1.88. The Kier molecular flexibility index (Phi) is 4.44. The van der Waals surface area contributed by atoms with Crippen molar-refractivity contribution in [2.45, 2.75) is 32.0 Å². The van der Waals surface area contributed by atoms with Crippen molar-refractivity contribution in [1.82, 2.24) is 0 Å². The minimum Gasteiger partial charge on any atom is -0.504 e. The molecule has 0 radical (unpaired) electrons. The lowest BCUT2D eigenvalue weighted by Gasteiger charge is -2.51. The van der Waals surface area contributed by atoms with Crippen LogP contribution in [0.3, 0.4) is 0 Å². The van der Waals surface area contributed by atoms with Gasteiger partial charge in [-0.25, -0.2) is 0 Å². The normalized spacial score (nSPS) is 25.2. The fraction of sp³-hybridized carbons (Fsp3) is 0.435. The Morgan fingerprint density at radius 2 is 2.03 bits per heavy atom. The second kappa shape index (κ2) is 6.95. The Hall–Kier alpha value is -3.13. The molecule has 2 aromatic carbocycles. The van der Waals surface area contributed by atoms with Gasteiger partial charge in [0.2, 0.25) is 12.5 Å². The van der Waals surface area contributed by atoms with E-state index in [1.165, 1.54) is 6.92 Å². The number of phenols is 1. The molecule has 3 heterocycles. The predicted molar refractivity (Wildman–Crippen MR) is 109 cm³/mol. The molecule has 0 saturated carbocycles. The second-order valence-corrected chi connectivity index (χ2v) is 8.49. The molecule has 1 N–H and O–H groups in total. The van der Waals surface area contributed by atoms with E-state index in [4.69, 9.17) is 23.7 Å². The number of hydrogen-bond acceptors (Lipinski definition) is 7. The largest absolute Gasteiger partial charge is 0.504 e. The molecule has 3 atom stereocenters. The maximum atomic E-state index is 12.2. The van der Waals surface area contributed by atoms with E-state index in [1.54, 1.807) is 14.2 Å². The molecule has 5 rings (SSSR count). The Labute approximate surface area is 180 Å². The zero-order chi connectivity index (χ0) is 21.9. The van der Waals surface area contributed by atoms with Crippen molar-refractivity contribution in [1.29, 1.82) is 0 Å². The Balaban J connectivity index is 1.75. The zero-order valence-corrected chi connectivity index (χ0v) is 18.1.